The molecule has 2 aromatic rings. The molecule has 3 fully saturated rings. The van der Waals surface area contributed by atoms with E-state index in [-0.39, 0.29) is 29.8 Å². The molecule has 5 rings (SSSR count). The Kier molecular flexibility index (Phi) is 9.40. The van der Waals surface area contributed by atoms with Gasteiger partial charge in [0.25, 0.3) is 5.91 Å². The number of nitrogens with zero attached hydrogens (tertiary/aromatic N) is 4. The Morgan fingerprint density at radius 3 is 2.19 bits per heavy atom. The van der Waals surface area contributed by atoms with E-state index in [1.165, 1.54) is 7.11 Å². The number of ether oxygens (including phenoxy) is 2. The smallest absolute Gasteiger partial charge is 0.346 e. The molecule has 2 amide bonds. The highest BCUT2D eigenvalue weighted by molar-refractivity contribution is 5.96. The van der Waals surface area contributed by atoms with Crippen molar-refractivity contribution < 1.29 is 23.9 Å². The molecule has 1 aliphatic carbocycles. The average molecular weight is 578 g/mol. The quantitative estimate of drug-likeness (QED) is 0.427. The van der Waals surface area contributed by atoms with Gasteiger partial charge in [0.05, 0.1) is 30.1 Å². The van der Waals surface area contributed by atoms with Crippen LogP contribution in [0.3, 0.4) is 0 Å². The minimum absolute atomic E-state index is 0.00586. The van der Waals surface area contributed by atoms with E-state index in [0.717, 1.165) is 57.3 Å². The number of hydrogen-bond donors (Lipinski definition) is 1. The largest absolute Gasteiger partial charge is 0.466 e. The fraction of sp³-hybridized carbons (Fsp3) is 0.594. The Morgan fingerprint density at radius 1 is 0.976 bits per heavy atom. The van der Waals surface area contributed by atoms with E-state index in [1.54, 1.807) is 20.8 Å². The van der Waals surface area contributed by atoms with Gasteiger partial charge in [-0.2, -0.15) is 9.97 Å². The number of aromatic nitrogens is 2. The Morgan fingerprint density at radius 2 is 1.60 bits per heavy atom. The zero-order chi connectivity index (χ0) is 29.8. The first kappa shape index (κ1) is 29.9. The number of nitrogens with one attached hydrogen (secondary N) is 1. The van der Waals surface area contributed by atoms with Crippen molar-refractivity contribution in [1.29, 1.82) is 0 Å². The number of carbonyl (C=O) groups excluding carboxylic acids is 3. The van der Waals surface area contributed by atoms with Crippen LogP contribution >= 0.6 is 0 Å². The average Bonchev–Trinajstić information content (AvgIpc) is 3.72. The maximum Gasteiger partial charge on any atom is 0.346 e. The number of carbonyl (C=O) groups is 3. The van der Waals surface area contributed by atoms with Crippen LogP contribution < -0.4 is 10.1 Å². The summed E-state index contributed by atoms with van der Waals surface area (Å²) in [4.78, 5) is 51.3. The van der Waals surface area contributed by atoms with Crippen molar-refractivity contribution in [3.8, 4) is 6.01 Å². The number of amides is 2. The van der Waals surface area contributed by atoms with Crippen molar-refractivity contribution in [3.05, 3.63) is 52.8 Å². The first-order valence-corrected chi connectivity index (χ1v) is 15.2. The summed E-state index contributed by atoms with van der Waals surface area (Å²) in [6.07, 6.45) is 4.30. The highest BCUT2D eigenvalue weighted by Crippen LogP contribution is 2.33. The van der Waals surface area contributed by atoms with Gasteiger partial charge in [-0.25, -0.2) is 4.79 Å². The van der Waals surface area contributed by atoms with Gasteiger partial charge in [-0.15, -0.1) is 0 Å². The number of aryl methyl sites for hydroxylation is 2. The summed E-state index contributed by atoms with van der Waals surface area (Å²) in [6, 6.07) is 10.4. The summed E-state index contributed by atoms with van der Waals surface area (Å²) < 4.78 is 10.2. The van der Waals surface area contributed by atoms with Crippen LogP contribution in [0, 0.1) is 31.6 Å². The van der Waals surface area contributed by atoms with Crippen molar-refractivity contribution in [2.45, 2.75) is 65.0 Å². The molecule has 1 saturated carbocycles. The van der Waals surface area contributed by atoms with Crippen LogP contribution in [0.5, 0.6) is 6.01 Å². The normalized spacial score (nSPS) is 22.0. The number of fused-ring (bicyclic) bond motifs is 1. The summed E-state index contributed by atoms with van der Waals surface area (Å²) in [6.45, 7) is 9.31. The highest BCUT2D eigenvalue weighted by atomic mass is 16.6. The topological polar surface area (TPSA) is 114 Å². The summed E-state index contributed by atoms with van der Waals surface area (Å²) in [7, 11) is 1.30. The molecule has 2 aliphatic heterocycles. The maximum absolute atomic E-state index is 13.6. The van der Waals surface area contributed by atoms with Crippen LogP contribution in [0.4, 0.5) is 0 Å². The molecule has 1 aromatic heterocycles. The van der Waals surface area contributed by atoms with Gasteiger partial charge >= 0.3 is 12.0 Å². The standard InChI is InChI=1S/C32H43N5O5/c1-20-28(21(2)34-32(33-20)42-22(3)31(40)41-4)30(39)37-18-25-16-36(17-26(25)19-37)15-14-27(23-10-6-5-7-11-23)35-29(38)24-12-8-9-13-24/h5-7,10-11,22,24-27H,8-9,12-19H2,1-4H3,(H,35,38)/t22?,25?,26?,27-/m0/s1. The predicted octanol–water partition coefficient (Wildman–Crippen LogP) is 3.48. The molecule has 0 radical (unpaired) electrons. The van der Waals surface area contributed by atoms with Crippen molar-refractivity contribution >= 4 is 17.8 Å². The van der Waals surface area contributed by atoms with Crippen LogP contribution in [0.1, 0.15) is 72.4 Å². The molecule has 3 heterocycles. The number of esters is 1. The molecule has 226 valence electrons. The van der Waals surface area contributed by atoms with Gasteiger partial charge < -0.3 is 24.6 Å². The van der Waals surface area contributed by atoms with E-state index in [1.807, 2.05) is 23.1 Å². The number of benzene rings is 1. The second kappa shape index (κ2) is 13.2. The third-order valence-corrected chi connectivity index (χ3v) is 9.11. The summed E-state index contributed by atoms with van der Waals surface area (Å²) >= 11 is 0. The van der Waals surface area contributed by atoms with Gasteiger partial charge in [0.2, 0.25) is 5.91 Å². The molecule has 3 unspecified atom stereocenters. The third kappa shape index (κ3) is 6.75. The second-order valence-electron chi connectivity index (χ2n) is 12.1. The lowest BCUT2D eigenvalue weighted by Crippen LogP contribution is -2.37. The van der Waals surface area contributed by atoms with Gasteiger partial charge in [0, 0.05) is 38.6 Å². The molecule has 2 saturated heterocycles. The maximum atomic E-state index is 13.6. The van der Waals surface area contributed by atoms with Gasteiger partial charge in [-0.3, -0.25) is 9.59 Å². The molecule has 4 atom stereocenters. The molecular formula is C32H43N5O5. The SMILES string of the molecule is COC(=O)C(C)Oc1nc(C)c(C(=O)N2CC3CN(CC[C@H](NC(=O)C4CCCC4)c4ccccc4)CC3C2)c(C)n1. The minimum Gasteiger partial charge on any atom is -0.466 e. The zero-order valence-corrected chi connectivity index (χ0v) is 25.2. The predicted molar refractivity (Wildman–Crippen MR) is 157 cm³/mol. The van der Waals surface area contributed by atoms with E-state index in [2.05, 4.69) is 32.3 Å². The first-order valence-electron chi connectivity index (χ1n) is 15.2. The van der Waals surface area contributed by atoms with E-state index in [4.69, 9.17) is 9.47 Å². The Balaban J connectivity index is 1.16. The molecule has 10 nitrogen and oxygen atoms in total. The van der Waals surface area contributed by atoms with Crippen LogP contribution in [0.25, 0.3) is 0 Å². The number of hydrogen-bond acceptors (Lipinski definition) is 8. The fourth-order valence-electron chi connectivity index (χ4n) is 6.81. The van der Waals surface area contributed by atoms with Crippen molar-refractivity contribution in [1.82, 2.24) is 25.1 Å². The van der Waals surface area contributed by atoms with Crippen LogP contribution in [0.15, 0.2) is 30.3 Å². The van der Waals surface area contributed by atoms with Crippen molar-refractivity contribution in [3.63, 3.8) is 0 Å². The number of rotatable bonds is 10. The molecular weight excluding hydrogens is 534 g/mol. The van der Waals surface area contributed by atoms with E-state index >= 15 is 0 Å². The molecule has 1 N–H and O–H groups in total. The van der Waals surface area contributed by atoms with Gasteiger partial charge in [0.15, 0.2) is 6.10 Å². The zero-order valence-electron chi connectivity index (χ0n) is 25.2. The third-order valence-electron chi connectivity index (χ3n) is 9.11. The molecule has 1 aromatic carbocycles. The van der Waals surface area contributed by atoms with Crippen LogP contribution in [-0.4, -0.2) is 83.5 Å². The van der Waals surface area contributed by atoms with Crippen LogP contribution in [0.2, 0.25) is 0 Å². The van der Waals surface area contributed by atoms with Crippen molar-refractivity contribution in [2.24, 2.45) is 17.8 Å². The van der Waals surface area contributed by atoms with Gasteiger partial charge in [-0.1, -0.05) is 43.2 Å². The Hall–Kier alpha value is -3.53. The lowest BCUT2D eigenvalue weighted by molar-refractivity contribution is -0.148. The van der Waals surface area contributed by atoms with E-state index in [0.29, 0.717) is 41.9 Å². The molecule has 0 spiro atoms. The van der Waals surface area contributed by atoms with E-state index < -0.39 is 12.1 Å². The van der Waals surface area contributed by atoms with Gasteiger partial charge in [-0.05, 0) is 57.4 Å². The molecule has 10 heteroatoms. The second-order valence-corrected chi connectivity index (χ2v) is 12.1. The molecule has 0 bridgehead atoms. The number of methoxy groups -OCH3 is 1. The fourth-order valence-corrected chi connectivity index (χ4v) is 6.81. The monoisotopic (exact) mass is 577 g/mol. The molecule has 42 heavy (non-hydrogen) atoms. The van der Waals surface area contributed by atoms with E-state index in [9.17, 15) is 14.4 Å². The number of likely N-dealkylation sites (tertiary alicyclic amines) is 2. The van der Waals surface area contributed by atoms with Crippen LogP contribution in [-0.2, 0) is 14.3 Å². The highest BCUT2D eigenvalue weighted by Gasteiger charge is 2.42. The lowest BCUT2D eigenvalue weighted by atomic mass is 10.0. The Labute approximate surface area is 248 Å². The first-order chi connectivity index (χ1) is 20.2. The molecule has 3 aliphatic rings. The van der Waals surface area contributed by atoms with Crippen molar-refractivity contribution in [2.75, 3.05) is 39.8 Å². The van der Waals surface area contributed by atoms with Gasteiger partial charge in [0.1, 0.15) is 0 Å². The summed E-state index contributed by atoms with van der Waals surface area (Å²) in [5.74, 6) is 0.606. The summed E-state index contributed by atoms with van der Waals surface area (Å²) in [5.41, 5.74) is 2.72. The Bertz CT molecular complexity index is 1240. The minimum atomic E-state index is -0.845. The lowest BCUT2D eigenvalue weighted by Gasteiger charge is -2.26. The summed E-state index contributed by atoms with van der Waals surface area (Å²) in [5, 5.41) is 3.36.